The molecule has 0 saturated heterocycles. The molecule has 0 aliphatic carbocycles. The maximum absolute atomic E-state index is 11.2. The molecule has 6 nitrogen and oxygen atoms in total. The summed E-state index contributed by atoms with van der Waals surface area (Å²) in [6.45, 7) is 0. The van der Waals surface area contributed by atoms with Crippen LogP contribution in [-0.2, 0) is 14.4 Å². The summed E-state index contributed by atoms with van der Waals surface area (Å²) in [4.78, 5) is 32.1. The van der Waals surface area contributed by atoms with Gasteiger partial charge >= 0.3 is 5.97 Å². The van der Waals surface area contributed by atoms with Crippen LogP contribution in [0.3, 0.4) is 0 Å². The van der Waals surface area contributed by atoms with E-state index in [1.165, 1.54) is 0 Å². The summed E-state index contributed by atoms with van der Waals surface area (Å²) >= 11 is 0. The average Bonchev–Trinajstić information content (AvgIpc) is 2.21. The number of carboxylic acid groups (broad SMARTS) is 1. The first kappa shape index (κ1) is 11.7. The standard InChI is InChI=1S/C10H10N2O4/c11-6-1-3-7(4-2-6)12-9(14)5-8(13)10(15)16/h1-4H,5,11H2,(H,12,14)(H,15,16). The third-order valence-corrected chi connectivity index (χ3v) is 1.75. The van der Waals surface area contributed by atoms with Gasteiger partial charge < -0.3 is 16.2 Å². The van der Waals surface area contributed by atoms with Gasteiger partial charge in [-0.1, -0.05) is 0 Å². The number of nitrogens with one attached hydrogen (secondary N) is 1. The van der Waals surface area contributed by atoms with Gasteiger partial charge in [-0.15, -0.1) is 0 Å². The molecule has 1 rings (SSSR count). The molecule has 4 N–H and O–H groups in total. The van der Waals surface area contributed by atoms with Gasteiger partial charge in [-0.05, 0) is 24.3 Å². The van der Waals surface area contributed by atoms with Crippen LogP contribution in [0.25, 0.3) is 0 Å². The molecular weight excluding hydrogens is 212 g/mol. The molecule has 0 fully saturated rings. The SMILES string of the molecule is Nc1ccc(NC(=O)CC(=O)C(=O)O)cc1. The number of nitrogens with two attached hydrogens (primary N) is 1. The minimum atomic E-state index is -1.62. The molecule has 1 amide bonds. The molecule has 1 aromatic carbocycles. The molecule has 0 aromatic heterocycles. The van der Waals surface area contributed by atoms with Gasteiger partial charge in [0.1, 0.15) is 0 Å². The Kier molecular flexibility index (Phi) is 3.60. The first-order valence-corrected chi connectivity index (χ1v) is 4.40. The zero-order valence-electron chi connectivity index (χ0n) is 8.27. The van der Waals surface area contributed by atoms with Crippen LogP contribution in [0, 0.1) is 0 Å². The highest BCUT2D eigenvalue weighted by molar-refractivity contribution is 6.36. The summed E-state index contributed by atoms with van der Waals surface area (Å²) in [5.74, 6) is -3.43. The molecule has 0 atom stereocenters. The van der Waals surface area contributed by atoms with Crippen LogP contribution in [-0.4, -0.2) is 22.8 Å². The number of carbonyl (C=O) groups is 3. The van der Waals surface area contributed by atoms with Crippen LogP contribution < -0.4 is 11.1 Å². The number of benzene rings is 1. The fourth-order valence-electron chi connectivity index (χ4n) is 0.993. The lowest BCUT2D eigenvalue weighted by Gasteiger charge is -2.03. The van der Waals surface area contributed by atoms with Crippen molar-refractivity contribution in [1.29, 1.82) is 0 Å². The average molecular weight is 222 g/mol. The summed E-state index contributed by atoms with van der Waals surface area (Å²) in [5, 5.41) is 10.7. The van der Waals surface area contributed by atoms with E-state index in [1.54, 1.807) is 24.3 Å². The molecule has 0 radical (unpaired) electrons. The molecule has 0 aliphatic heterocycles. The Balaban J connectivity index is 2.55. The Labute approximate surface area is 91.1 Å². The van der Waals surface area contributed by atoms with E-state index in [9.17, 15) is 14.4 Å². The van der Waals surface area contributed by atoms with Crippen molar-refractivity contribution in [3.63, 3.8) is 0 Å². The van der Waals surface area contributed by atoms with E-state index < -0.39 is 24.1 Å². The number of aliphatic carboxylic acids is 1. The lowest BCUT2D eigenvalue weighted by molar-refractivity contribution is -0.150. The zero-order valence-corrected chi connectivity index (χ0v) is 8.27. The predicted octanol–water partition coefficient (Wildman–Crippen LogP) is 0.251. The van der Waals surface area contributed by atoms with E-state index in [4.69, 9.17) is 10.8 Å². The van der Waals surface area contributed by atoms with Crippen LogP contribution in [0.1, 0.15) is 6.42 Å². The Morgan fingerprint density at radius 3 is 2.25 bits per heavy atom. The van der Waals surface area contributed by atoms with Gasteiger partial charge in [-0.25, -0.2) is 4.79 Å². The lowest BCUT2D eigenvalue weighted by Crippen LogP contribution is -2.21. The molecule has 0 aliphatic rings. The number of nitrogen functional groups attached to an aromatic ring is 1. The van der Waals surface area contributed by atoms with Crippen molar-refractivity contribution in [3.8, 4) is 0 Å². The quantitative estimate of drug-likeness (QED) is 0.384. The molecule has 0 bridgehead atoms. The minimum absolute atomic E-state index is 0.456. The number of carbonyl (C=O) groups excluding carboxylic acids is 2. The molecular formula is C10H10N2O4. The number of hydrogen-bond donors (Lipinski definition) is 3. The van der Waals surface area contributed by atoms with E-state index in [1.807, 2.05) is 0 Å². The molecule has 0 heterocycles. The second kappa shape index (κ2) is 4.92. The van der Waals surface area contributed by atoms with Crippen molar-refractivity contribution in [2.75, 3.05) is 11.1 Å². The van der Waals surface area contributed by atoms with Crippen LogP contribution in [0.15, 0.2) is 24.3 Å². The van der Waals surface area contributed by atoms with Gasteiger partial charge in [0.15, 0.2) is 0 Å². The summed E-state index contributed by atoms with van der Waals surface area (Å²) in [6.07, 6.45) is -0.681. The molecule has 84 valence electrons. The van der Waals surface area contributed by atoms with Gasteiger partial charge in [0, 0.05) is 11.4 Å². The number of anilines is 2. The second-order valence-electron chi connectivity index (χ2n) is 3.08. The molecule has 1 aromatic rings. The van der Waals surface area contributed by atoms with Crippen LogP contribution in [0.5, 0.6) is 0 Å². The van der Waals surface area contributed by atoms with Crippen molar-refractivity contribution in [1.82, 2.24) is 0 Å². The number of Topliss-reactive ketones (excluding diaryl/α,β-unsaturated/α-hetero) is 1. The molecule has 0 saturated carbocycles. The van der Waals surface area contributed by atoms with Crippen molar-refractivity contribution in [2.24, 2.45) is 0 Å². The maximum Gasteiger partial charge on any atom is 0.372 e. The number of rotatable bonds is 4. The molecule has 16 heavy (non-hydrogen) atoms. The maximum atomic E-state index is 11.2. The molecule has 0 spiro atoms. The van der Waals surface area contributed by atoms with E-state index in [0.29, 0.717) is 11.4 Å². The van der Waals surface area contributed by atoms with E-state index in [-0.39, 0.29) is 0 Å². The largest absolute Gasteiger partial charge is 0.475 e. The Hall–Kier alpha value is -2.37. The highest BCUT2D eigenvalue weighted by Gasteiger charge is 2.16. The summed E-state index contributed by atoms with van der Waals surface area (Å²) in [5.41, 5.74) is 6.43. The third-order valence-electron chi connectivity index (χ3n) is 1.75. The molecule has 0 unspecified atom stereocenters. The summed E-state index contributed by atoms with van der Waals surface area (Å²) < 4.78 is 0. The Bertz CT molecular complexity index is 425. The number of ketones is 1. The van der Waals surface area contributed by atoms with E-state index in [2.05, 4.69) is 5.32 Å². The monoisotopic (exact) mass is 222 g/mol. The van der Waals surface area contributed by atoms with Gasteiger partial charge in [-0.2, -0.15) is 0 Å². The van der Waals surface area contributed by atoms with Gasteiger partial charge in [0.25, 0.3) is 0 Å². The molecule has 6 heteroatoms. The number of amides is 1. The van der Waals surface area contributed by atoms with Crippen molar-refractivity contribution < 1.29 is 19.5 Å². The Morgan fingerprint density at radius 2 is 1.75 bits per heavy atom. The summed E-state index contributed by atoms with van der Waals surface area (Å²) in [6, 6.07) is 6.26. The highest BCUT2D eigenvalue weighted by atomic mass is 16.4. The number of carboxylic acids is 1. The fourth-order valence-corrected chi connectivity index (χ4v) is 0.993. The Morgan fingerprint density at radius 1 is 1.19 bits per heavy atom. The summed E-state index contributed by atoms with van der Waals surface area (Å²) in [7, 11) is 0. The van der Waals surface area contributed by atoms with Crippen molar-refractivity contribution >= 4 is 29.0 Å². The van der Waals surface area contributed by atoms with Crippen LogP contribution in [0.4, 0.5) is 11.4 Å². The van der Waals surface area contributed by atoms with E-state index in [0.717, 1.165) is 0 Å². The van der Waals surface area contributed by atoms with E-state index >= 15 is 0 Å². The van der Waals surface area contributed by atoms with Crippen LogP contribution in [0.2, 0.25) is 0 Å². The topological polar surface area (TPSA) is 109 Å². The lowest BCUT2D eigenvalue weighted by atomic mass is 10.2. The minimum Gasteiger partial charge on any atom is -0.475 e. The highest BCUT2D eigenvalue weighted by Crippen LogP contribution is 2.10. The van der Waals surface area contributed by atoms with Crippen molar-refractivity contribution in [2.45, 2.75) is 6.42 Å². The third kappa shape index (κ3) is 3.41. The zero-order chi connectivity index (χ0) is 12.1. The second-order valence-corrected chi connectivity index (χ2v) is 3.08. The van der Waals surface area contributed by atoms with Gasteiger partial charge in [-0.3, -0.25) is 9.59 Å². The first-order valence-electron chi connectivity index (χ1n) is 4.40. The normalized spacial score (nSPS) is 9.50. The predicted molar refractivity (Wildman–Crippen MR) is 56.7 cm³/mol. The van der Waals surface area contributed by atoms with Gasteiger partial charge in [0.2, 0.25) is 11.7 Å². The van der Waals surface area contributed by atoms with Gasteiger partial charge in [0.05, 0.1) is 6.42 Å². The first-order chi connectivity index (χ1) is 7.49. The smallest absolute Gasteiger partial charge is 0.372 e. The van der Waals surface area contributed by atoms with Crippen LogP contribution >= 0.6 is 0 Å². The fraction of sp³-hybridized carbons (Fsp3) is 0.100. The number of hydrogen-bond acceptors (Lipinski definition) is 4. The van der Waals surface area contributed by atoms with Crippen molar-refractivity contribution in [3.05, 3.63) is 24.3 Å².